The Morgan fingerprint density at radius 3 is 2.63 bits per heavy atom. The van der Waals surface area contributed by atoms with Crippen molar-refractivity contribution in [3.8, 4) is 0 Å². The molecule has 0 bridgehead atoms. The van der Waals surface area contributed by atoms with Gasteiger partial charge in [0.25, 0.3) is 0 Å². The Hall–Kier alpha value is -0.610. The van der Waals surface area contributed by atoms with Gasteiger partial charge in [0.05, 0.1) is 6.54 Å². The van der Waals surface area contributed by atoms with Gasteiger partial charge in [-0.1, -0.05) is 18.9 Å². The van der Waals surface area contributed by atoms with E-state index in [1.54, 1.807) is 0 Å². The normalized spacial score (nSPS) is 16.6. The fraction of sp³-hybridized carbons (Fsp3) is 0.667. The maximum atomic E-state index is 5.65. The molecule has 2 rings (SSSR count). The molecule has 1 aliphatic carbocycles. The zero-order valence-electron chi connectivity index (χ0n) is 12.1. The lowest BCUT2D eigenvalue weighted by Gasteiger charge is -2.35. The molecule has 0 radical (unpaired) electrons. The van der Waals surface area contributed by atoms with E-state index in [9.17, 15) is 0 Å². The van der Waals surface area contributed by atoms with E-state index < -0.39 is 0 Å². The van der Waals surface area contributed by atoms with E-state index >= 15 is 0 Å². The number of thiocarbonyl (C=S) groups is 1. The Kier molecular flexibility index (Phi) is 4.85. The molecule has 1 N–H and O–H groups in total. The summed E-state index contributed by atoms with van der Waals surface area (Å²) in [5.74, 6) is 0. The maximum Gasteiger partial charge on any atom is 0.169 e. The molecule has 1 heterocycles. The Morgan fingerprint density at radius 1 is 1.42 bits per heavy atom. The third-order valence-electron chi connectivity index (χ3n) is 3.41. The van der Waals surface area contributed by atoms with Crippen LogP contribution in [0.1, 0.15) is 51.3 Å². The highest BCUT2D eigenvalue weighted by Gasteiger charge is 2.26. The highest BCUT2D eigenvalue weighted by molar-refractivity contribution is 7.80. The molecule has 0 atom stereocenters. The molecule has 0 saturated heterocycles. The molecule has 0 aliphatic heterocycles. The van der Waals surface area contributed by atoms with Gasteiger partial charge in [-0.15, -0.1) is 11.3 Å². The van der Waals surface area contributed by atoms with Crippen molar-refractivity contribution in [1.29, 1.82) is 0 Å². The maximum absolute atomic E-state index is 5.65. The second kappa shape index (κ2) is 6.23. The second-order valence-corrected chi connectivity index (χ2v) is 7.74. The molecule has 1 aromatic rings. The Balaban J connectivity index is 2.07. The van der Waals surface area contributed by atoms with Gasteiger partial charge >= 0.3 is 0 Å². The van der Waals surface area contributed by atoms with Crippen molar-refractivity contribution in [3.05, 3.63) is 22.4 Å². The topological polar surface area (TPSA) is 15.3 Å². The summed E-state index contributed by atoms with van der Waals surface area (Å²) < 4.78 is 0. The molecule has 1 aliphatic rings. The quantitative estimate of drug-likeness (QED) is 0.843. The summed E-state index contributed by atoms with van der Waals surface area (Å²) in [4.78, 5) is 3.80. The number of nitrogens with zero attached hydrogens (tertiary/aromatic N) is 1. The van der Waals surface area contributed by atoms with Gasteiger partial charge in [0.15, 0.2) is 5.11 Å². The van der Waals surface area contributed by atoms with Crippen molar-refractivity contribution in [2.24, 2.45) is 0 Å². The molecular formula is C15H24N2S2. The lowest BCUT2D eigenvalue weighted by atomic mass is 10.1. The zero-order chi connectivity index (χ0) is 13.9. The molecule has 0 amide bonds. The smallest absolute Gasteiger partial charge is 0.169 e. The van der Waals surface area contributed by atoms with E-state index in [1.165, 1.54) is 30.6 Å². The van der Waals surface area contributed by atoms with Crippen LogP contribution >= 0.6 is 23.6 Å². The predicted molar refractivity (Wildman–Crippen MR) is 87.6 cm³/mol. The summed E-state index contributed by atoms with van der Waals surface area (Å²) in [5, 5.41) is 6.52. The van der Waals surface area contributed by atoms with Crippen molar-refractivity contribution in [2.75, 3.05) is 0 Å². The fourth-order valence-corrected chi connectivity index (χ4v) is 3.77. The van der Waals surface area contributed by atoms with Gasteiger partial charge in [0.2, 0.25) is 0 Å². The van der Waals surface area contributed by atoms with Gasteiger partial charge in [-0.05, 0) is 57.3 Å². The predicted octanol–water partition coefficient (Wildman–Crippen LogP) is 4.17. The first kappa shape index (κ1) is 14.8. The van der Waals surface area contributed by atoms with Crippen LogP contribution in [0.2, 0.25) is 0 Å². The minimum absolute atomic E-state index is 0.0311. The third-order valence-corrected chi connectivity index (χ3v) is 4.61. The molecule has 4 heteroatoms. The first-order valence-electron chi connectivity index (χ1n) is 7.07. The molecule has 19 heavy (non-hydrogen) atoms. The van der Waals surface area contributed by atoms with E-state index in [2.05, 4.69) is 48.5 Å². The first-order chi connectivity index (χ1) is 8.96. The lowest BCUT2D eigenvalue weighted by molar-refractivity contribution is 0.296. The van der Waals surface area contributed by atoms with Crippen LogP contribution in [0.25, 0.3) is 0 Å². The van der Waals surface area contributed by atoms with E-state index in [0.29, 0.717) is 6.04 Å². The molecule has 0 spiro atoms. The second-order valence-electron chi connectivity index (χ2n) is 6.33. The minimum atomic E-state index is 0.0311. The largest absolute Gasteiger partial charge is 0.358 e. The summed E-state index contributed by atoms with van der Waals surface area (Å²) in [6.07, 6.45) is 5.22. The van der Waals surface area contributed by atoms with Gasteiger partial charge in [-0.25, -0.2) is 0 Å². The van der Waals surface area contributed by atoms with Gasteiger partial charge in [-0.2, -0.15) is 0 Å². The summed E-state index contributed by atoms with van der Waals surface area (Å²) in [7, 11) is 0. The number of hydrogen-bond donors (Lipinski definition) is 1. The summed E-state index contributed by atoms with van der Waals surface area (Å²) >= 11 is 7.47. The van der Waals surface area contributed by atoms with Gasteiger partial charge < -0.3 is 10.2 Å². The van der Waals surface area contributed by atoms with E-state index in [1.807, 2.05) is 11.3 Å². The Labute approximate surface area is 126 Å². The van der Waals surface area contributed by atoms with E-state index in [-0.39, 0.29) is 5.54 Å². The van der Waals surface area contributed by atoms with Crippen LogP contribution in [-0.2, 0) is 6.54 Å². The summed E-state index contributed by atoms with van der Waals surface area (Å²) in [6.45, 7) is 7.44. The number of nitrogens with one attached hydrogen (secondary N) is 1. The molecule has 2 nitrogen and oxygen atoms in total. The molecule has 0 aromatic carbocycles. The van der Waals surface area contributed by atoms with Crippen molar-refractivity contribution < 1.29 is 0 Å². The summed E-state index contributed by atoms with van der Waals surface area (Å²) in [6, 6.07) is 4.93. The summed E-state index contributed by atoms with van der Waals surface area (Å²) in [5.41, 5.74) is 0.0311. The lowest BCUT2D eigenvalue weighted by Crippen LogP contribution is -2.50. The van der Waals surface area contributed by atoms with Gasteiger partial charge in [0, 0.05) is 16.5 Å². The van der Waals surface area contributed by atoms with Crippen LogP contribution in [0.15, 0.2) is 17.5 Å². The third kappa shape index (κ3) is 4.46. The van der Waals surface area contributed by atoms with E-state index in [4.69, 9.17) is 12.2 Å². The number of rotatable bonds is 3. The molecule has 0 unspecified atom stereocenters. The molecule has 106 valence electrons. The zero-order valence-corrected chi connectivity index (χ0v) is 13.7. The van der Waals surface area contributed by atoms with Crippen molar-refractivity contribution in [3.63, 3.8) is 0 Å². The van der Waals surface area contributed by atoms with Gasteiger partial charge in [-0.3, -0.25) is 0 Å². The average Bonchev–Trinajstić information content (AvgIpc) is 2.96. The van der Waals surface area contributed by atoms with Crippen molar-refractivity contribution >= 4 is 28.7 Å². The van der Waals surface area contributed by atoms with Crippen LogP contribution in [0.3, 0.4) is 0 Å². The van der Waals surface area contributed by atoms with E-state index in [0.717, 1.165) is 11.7 Å². The van der Waals surface area contributed by atoms with Gasteiger partial charge in [0.1, 0.15) is 0 Å². The highest BCUT2D eigenvalue weighted by Crippen LogP contribution is 2.26. The molecule has 1 fully saturated rings. The standard InChI is InChI=1S/C15H24N2S2/c1-15(2,3)16-14(18)17(12-7-4-5-8-12)11-13-9-6-10-19-13/h6,9-10,12H,4-5,7-8,11H2,1-3H3,(H,16,18). The highest BCUT2D eigenvalue weighted by atomic mass is 32.1. The van der Waals surface area contributed by atoms with Crippen molar-refractivity contribution in [1.82, 2.24) is 10.2 Å². The first-order valence-corrected chi connectivity index (χ1v) is 8.36. The molecular weight excluding hydrogens is 272 g/mol. The monoisotopic (exact) mass is 296 g/mol. The Morgan fingerprint density at radius 2 is 2.11 bits per heavy atom. The van der Waals surface area contributed by atoms with Crippen molar-refractivity contribution in [2.45, 2.75) is 64.6 Å². The average molecular weight is 297 g/mol. The number of thiophene rings is 1. The van der Waals surface area contributed by atoms with Crippen LogP contribution in [0, 0.1) is 0 Å². The van der Waals surface area contributed by atoms with Crippen LogP contribution < -0.4 is 5.32 Å². The Bertz CT molecular complexity index is 400. The fourth-order valence-electron chi connectivity index (χ4n) is 2.55. The van der Waals surface area contributed by atoms with Crippen LogP contribution in [0.4, 0.5) is 0 Å². The minimum Gasteiger partial charge on any atom is -0.358 e. The molecule has 1 saturated carbocycles. The number of hydrogen-bond acceptors (Lipinski definition) is 2. The molecule has 1 aromatic heterocycles. The van der Waals surface area contributed by atoms with Crippen LogP contribution in [0.5, 0.6) is 0 Å². The SMILES string of the molecule is CC(C)(C)NC(=S)N(Cc1cccs1)C1CCCC1. The van der Waals surface area contributed by atoms with Crippen LogP contribution in [-0.4, -0.2) is 21.6 Å².